The number of ether oxygens (including phenoxy) is 5. The summed E-state index contributed by atoms with van der Waals surface area (Å²) >= 11 is 14.8. The lowest BCUT2D eigenvalue weighted by atomic mass is 9.87. The molecule has 2 spiro atoms. The minimum absolute atomic E-state index is 0.0205. The van der Waals surface area contributed by atoms with E-state index in [1.807, 2.05) is 102 Å². The van der Waals surface area contributed by atoms with Crippen LogP contribution >= 0.6 is 34.8 Å². The normalized spacial score (nSPS) is 17.1. The number of piperidine rings is 4. The molecule has 46 heteroatoms. The first-order chi connectivity index (χ1) is 66.4. The van der Waals surface area contributed by atoms with E-state index in [9.17, 15) is 98.3 Å². The highest BCUT2D eigenvalue weighted by Crippen LogP contribution is 2.40. The van der Waals surface area contributed by atoms with Gasteiger partial charge in [-0.2, -0.15) is 69.8 Å². The number of carbonyl (C=O) groups is 6. The Morgan fingerprint density at radius 1 is 0.441 bits per heavy atom. The van der Waals surface area contributed by atoms with Crippen LogP contribution in [0.3, 0.4) is 0 Å². The summed E-state index contributed by atoms with van der Waals surface area (Å²) in [4.78, 5) is 94.0. The zero-order valence-corrected chi connectivity index (χ0v) is 87.5. The summed E-state index contributed by atoms with van der Waals surface area (Å²) in [7, 11) is -19.5. The Kier molecular flexibility index (Phi) is 45.7. The van der Waals surface area contributed by atoms with Crippen LogP contribution in [0, 0.1) is 0 Å². The largest absolute Gasteiger partial charge is 0.534 e. The SMILES string of the molecule is C1CC2(CCN1)OCCO2.C1CCOC1.CC(C)(C)c1ccc(N=C=O)cc1.CC(C)(C)c1ccc(NC(=O)N2CC=C(OS(=O)(=O)C(F)(F)F)CC2)cc1.CC(C)(C)c1ccc(NC(=O)N2CCC(=O)CC2)cc1.CC(C)(C)c1ccc(NC(=O)N2CCC(=O)CC2)cc1.CC(C)(C)c1ccc(NC(=O)N2CCC3(CC2)OCCO3)cc1.ClCCl.O=S(=O)(N(c1ccc(Cl)cn1)S(=O)(=O)C(F)(F)F)C(F)(F)F. The van der Waals surface area contributed by atoms with Gasteiger partial charge in [-0.15, -0.1) is 26.9 Å². The molecule has 5 N–H and O–H groups in total. The molecule has 14 rings (SSSR count). The predicted molar refractivity (Wildman–Crippen MR) is 532 cm³/mol. The second-order valence-electron chi connectivity index (χ2n) is 38.7. The number of hydrogen-bond acceptors (Lipinski definition) is 22. The lowest BCUT2D eigenvalue weighted by Gasteiger charge is -2.37. The third kappa shape index (κ3) is 39.5. The molecule has 9 heterocycles. The molecule has 8 amide bonds. The molecule has 0 aliphatic carbocycles. The van der Waals surface area contributed by atoms with Gasteiger partial charge in [-0.25, -0.2) is 29.0 Å². The van der Waals surface area contributed by atoms with Crippen LogP contribution in [-0.4, -0.2) is 230 Å². The van der Waals surface area contributed by atoms with Gasteiger partial charge in [-0.05, 0) is 147 Å². The number of nitrogens with zero attached hydrogens (tertiary/aromatic N) is 7. The van der Waals surface area contributed by atoms with Gasteiger partial charge < -0.3 is 74.1 Å². The number of benzene rings is 5. The summed E-state index contributed by atoms with van der Waals surface area (Å²) in [6.07, 6.45) is 10.9. The highest BCUT2D eigenvalue weighted by atomic mass is 35.5. The van der Waals surface area contributed by atoms with Gasteiger partial charge in [0.05, 0.1) is 42.5 Å². The van der Waals surface area contributed by atoms with Gasteiger partial charge >= 0.3 is 70.8 Å². The van der Waals surface area contributed by atoms with Crippen molar-refractivity contribution < 1.29 is 126 Å². The molecule has 6 aromatic rings. The smallest absolute Gasteiger partial charge is 0.381 e. The zero-order chi connectivity index (χ0) is 107. The fourth-order valence-corrected chi connectivity index (χ4v) is 17.4. The summed E-state index contributed by atoms with van der Waals surface area (Å²) in [5.74, 6) is -2.12. The number of ketones is 2. The first kappa shape index (κ1) is 122. The minimum Gasteiger partial charge on any atom is -0.381 e. The molecule has 7 fully saturated rings. The fourth-order valence-electron chi connectivity index (χ4n) is 14.1. The van der Waals surface area contributed by atoms with Crippen LogP contribution in [0.4, 0.5) is 92.9 Å². The number of hydrogen-bond donors (Lipinski definition) is 5. The quantitative estimate of drug-likeness (QED) is 0.0212. The number of urea groups is 4. The van der Waals surface area contributed by atoms with Crippen molar-refractivity contribution in [1.82, 2.24) is 29.9 Å². The van der Waals surface area contributed by atoms with Crippen molar-refractivity contribution in [3.05, 3.63) is 184 Å². The van der Waals surface area contributed by atoms with Gasteiger partial charge in [-0.1, -0.05) is 176 Å². The number of pyridine rings is 1. The van der Waals surface area contributed by atoms with Crippen LogP contribution in [0.2, 0.25) is 5.02 Å². The molecule has 0 bridgehead atoms. The Bertz CT molecular complexity index is 5370. The van der Waals surface area contributed by atoms with E-state index in [-0.39, 0.29) is 104 Å². The molecule has 794 valence electrons. The van der Waals surface area contributed by atoms with E-state index < -0.39 is 68.0 Å². The summed E-state index contributed by atoms with van der Waals surface area (Å²) in [5, 5.41) is 14.6. The van der Waals surface area contributed by atoms with E-state index >= 15 is 0 Å². The maximum Gasteiger partial charge on any atom is 0.534 e. The molecule has 0 radical (unpaired) electrons. The number of carbonyl (C=O) groups excluding carboxylic acids is 7. The van der Waals surface area contributed by atoms with Crippen LogP contribution in [0.1, 0.15) is 202 Å². The van der Waals surface area contributed by atoms with E-state index in [2.05, 4.69) is 157 Å². The van der Waals surface area contributed by atoms with Crippen molar-refractivity contribution in [2.45, 2.75) is 230 Å². The number of halogens is 12. The number of alkyl halides is 11. The molecule has 0 unspecified atom stereocenters. The van der Waals surface area contributed by atoms with E-state index in [1.165, 1.54) is 46.1 Å². The van der Waals surface area contributed by atoms with Gasteiger partial charge in [0, 0.05) is 165 Å². The number of likely N-dealkylation sites (tertiary alicyclic amines) is 3. The zero-order valence-electron chi connectivity index (χ0n) is 82.8. The lowest BCUT2D eigenvalue weighted by molar-refractivity contribution is -0.181. The number of amides is 8. The molecule has 8 aliphatic rings. The van der Waals surface area contributed by atoms with Crippen molar-refractivity contribution >= 4 is 141 Å². The molecular formula is C97H130Cl3F9N12O19S3. The second-order valence-corrected chi connectivity index (χ2v) is 45.3. The van der Waals surface area contributed by atoms with Gasteiger partial charge in [0.1, 0.15) is 17.3 Å². The van der Waals surface area contributed by atoms with Crippen molar-refractivity contribution in [1.29, 1.82) is 0 Å². The second kappa shape index (κ2) is 53.5. The molecule has 8 aliphatic heterocycles. The van der Waals surface area contributed by atoms with Crippen molar-refractivity contribution in [3.63, 3.8) is 0 Å². The van der Waals surface area contributed by atoms with Crippen molar-refractivity contribution in [2.24, 2.45) is 4.99 Å². The number of isocyanates is 1. The number of rotatable bonds is 10. The standard InChI is InChI=1S/C18H26N2O3.C17H21F3N2O4S.2C16H22N2O2.C11H13NO.C7H3ClF6N2O4S2.C7H13NO2.C4H8O.CH2Cl2/c1-17(2,3)14-4-6-15(7-5-14)19-16(21)20-10-8-18(9-11-20)22-12-13-23-18;1-16(2,3)12-4-6-13(7-5-12)21-15(23)22-10-8-14(9-11-22)26-27(24,25)17(18,19)20;2*1-16(2,3)12-4-6-13(7-5-12)17-15(20)18-10-8-14(19)9-11-18;1-11(2,3)9-4-6-10(7-5-9)12-8-13;8-4-1-2-5(15-3-4)16(21(17,18)6(9,10)11)22(19,20)7(12,13)14;1-3-8-4-2-7(1)9-5-6-10-7;1-2-4-5-3-1;2-1-3/h4-7H,8-13H2,1-3H3,(H,19,21);4-8H,9-11H2,1-3H3,(H,21,23);2*4-7H,8-11H2,1-3H3,(H,17,20);4-7H,1-3H3;1-3H;8H,1-6H2;1-4H2;1H2. The van der Waals surface area contributed by atoms with Crippen LogP contribution in [-0.2, 0) is 99.5 Å². The number of Topliss-reactive ketones (excluding diaryl/α,β-unsaturated/α-hetero) is 2. The van der Waals surface area contributed by atoms with Crippen LogP contribution in [0.25, 0.3) is 0 Å². The minimum atomic E-state index is -6.93. The van der Waals surface area contributed by atoms with Gasteiger partial charge in [0.25, 0.3) is 0 Å². The fraction of sp³-hybridized carbons (Fsp3) is 0.546. The number of anilines is 5. The molecule has 31 nitrogen and oxygen atoms in total. The average molecular weight is 2140 g/mol. The highest BCUT2D eigenvalue weighted by Gasteiger charge is 2.62. The summed E-state index contributed by atoms with van der Waals surface area (Å²) < 4.78 is 208. The Morgan fingerprint density at radius 2 is 0.741 bits per heavy atom. The molecule has 0 saturated carbocycles. The van der Waals surface area contributed by atoms with E-state index in [0.717, 1.165) is 93.9 Å². The maximum absolute atomic E-state index is 12.5. The summed E-state index contributed by atoms with van der Waals surface area (Å²) in [6.45, 7) is 42.4. The molecule has 5 aromatic carbocycles. The van der Waals surface area contributed by atoms with E-state index in [4.69, 9.17) is 58.5 Å². The maximum atomic E-state index is 12.5. The molecule has 143 heavy (non-hydrogen) atoms. The Hall–Kier alpha value is -9.76. The highest BCUT2D eigenvalue weighted by molar-refractivity contribution is 8.11. The van der Waals surface area contributed by atoms with Crippen LogP contribution in [0.15, 0.2) is 156 Å². The van der Waals surface area contributed by atoms with Gasteiger partial charge in [0.2, 0.25) is 6.08 Å². The summed E-state index contributed by atoms with van der Waals surface area (Å²) in [6, 6.07) is 39.1. The van der Waals surface area contributed by atoms with Crippen LogP contribution in [0.5, 0.6) is 0 Å². The molecule has 1 aromatic heterocycles. The van der Waals surface area contributed by atoms with Crippen molar-refractivity contribution in [3.8, 4) is 0 Å². The number of nitrogens with one attached hydrogen (secondary N) is 5. The monoisotopic (exact) mass is 2140 g/mol. The Morgan fingerprint density at radius 3 is 1.01 bits per heavy atom. The average Bonchev–Trinajstić information content (AvgIpc) is 1.10. The van der Waals surface area contributed by atoms with E-state index in [1.54, 1.807) is 21.9 Å². The summed E-state index contributed by atoms with van der Waals surface area (Å²) in [5.41, 5.74) is -7.94. The Labute approximate surface area is 846 Å². The first-order valence-electron chi connectivity index (χ1n) is 46.0. The third-order valence-electron chi connectivity index (χ3n) is 22.6. The first-order valence-corrected chi connectivity index (χ1v) is 51.7. The predicted octanol–water partition coefficient (Wildman–Crippen LogP) is 21.2. The molecule has 0 atom stereocenters. The molecular weight excluding hydrogens is 2010 g/mol. The number of sulfonamides is 2. The molecule has 7 saturated heterocycles. The van der Waals surface area contributed by atoms with Crippen molar-refractivity contribution in [2.75, 3.05) is 135 Å². The topological polar surface area (TPSA) is 379 Å². The Balaban J connectivity index is 0.000000255. The van der Waals surface area contributed by atoms with Gasteiger partial charge in [-0.3, -0.25) is 9.59 Å². The number of aromatic nitrogens is 1. The lowest BCUT2D eigenvalue weighted by Crippen LogP contribution is -2.49. The van der Waals surface area contributed by atoms with Gasteiger partial charge in [0.15, 0.2) is 17.4 Å². The van der Waals surface area contributed by atoms with E-state index in [0.29, 0.717) is 102 Å². The third-order valence-corrected chi connectivity index (χ3v) is 27.5. The number of aliphatic imine (C=N–C) groups is 1. The van der Waals surface area contributed by atoms with Crippen LogP contribution < -0.4 is 30.3 Å².